The molecular weight excluding hydrogens is 1080 g/mol. The molecule has 0 spiro atoms. The molecule has 13 aromatic carbocycles. The lowest BCUT2D eigenvalue weighted by atomic mass is 9.73. The quantitative estimate of drug-likeness (QED) is 0.149. The van der Waals surface area contributed by atoms with E-state index in [2.05, 4.69) is 309 Å². The number of rotatable bonds is 8. The van der Waals surface area contributed by atoms with Crippen molar-refractivity contribution in [3.63, 3.8) is 0 Å². The first-order chi connectivity index (χ1) is 44.6. The van der Waals surface area contributed by atoms with Crippen LogP contribution in [0.1, 0.15) is 130 Å². The van der Waals surface area contributed by atoms with E-state index in [9.17, 15) is 5.26 Å². The Hall–Kier alpha value is -10.9. The summed E-state index contributed by atoms with van der Waals surface area (Å²) in [5.41, 5.74) is 37.4. The second-order valence-corrected chi connectivity index (χ2v) is 25.8. The molecular formula is C89H59N. The predicted molar refractivity (Wildman–Crippen MR) is 367 cm³/mol. The summed E-state index contributed by atoms with van der Waals surface area (Å²) < 4.78 is 0. The molecule has 1 heteroatoms. The standard InChI is InChI=1S/C89H59N/c90-52-81-88(86-67-33-17-13-29-63(67)64-30-14-18-34-68(64)86)75(59-37-39-61-49-79-82(55-25-9-3-10-26-55)71-43-41-57(53-21-5-1-6-22-53)45-77(71)84(79)73(61)47-59)51-76(89(81)87-69-35-19-15-31-65(69)66-32-16-20-36-70(66)87)60-38-40-62-50-80-83(56-27-11-4-12-28-56)72-44-42-58(54-23-7-2-8-24-54)46-78(72)85(80)74(62)48-60/h1-49,51,80,82-87H,50H2. The molecule has 0 heterocycles. The molecule has 1 nitrogen and oxygen atoms in total. The second kappa shape index (κ2) is 20.1. The van der Waals surface area contributed by atoms with Crippen LogP contribution in [0.5, 0.6) is 0 Å². The van der Waals surface area contributed by atoms with Gasteiger partial charge in [-0.1, -0.05) is 285 Å². The minimum Gasteiger partial charge on any atom is -0.192 e. The van der Waals surface area contributed by atoms with Crippen LogP contribution >= 0.6 is 0 Å². The Balaban J connectivity index is 0.875. The van der Waals surface area contributed by atoms with E-state index in [0.29, 0.717) is 5.92 Å². The third-order valence-corrected chi connectivity index (χ3v) is 21.5. The summed E-state index contributed by atoms with van der Waals surface area (Å²) >= 11 is 0. The van der Waals surface area contributed by atoms with Crippen LogP contribution in [0, 0.1) is 17.2 Å². The van der Waals surface area contributed by atoms with Gasteiger partial charge in [-0.3, -0.25) is 0 Å². The highest BCUT2D eigenvalue weighted by Gasteiger charge is 2.48. The molecule has 5 unspecified atom stereocenters. The van der Waals surface area contributed by atoms with Crippen molar-refractivity contribution in [2.24, 2.45) is 5.92 Å². The Bertz CT molecular complexity index is 4980. The van der Waals surface area contributed by atoms with E-state index in [1.165, 1.54) is 128 Å². The topological polar surface area (TPSA) is 23.8 Å². The van der Waals surface area contributed by atoms with Crippen molar-refractivity contribution in [2.45, 2.75) is 41.9 Å². The molecule has 0 fully saturated rings. The maximum absolute atomic E-state index is 12.8. The van der Waals surface area contributed by atoms with Crippen LogP contribution in [0.3, 0.4) is 0 Å². The molecule has 13 aromatic rings. The first kappa shape index (κ1) is 51.2. The zero-order valence-electron chi connectivity index (χ0n) is 49.6. The fourth-order valence-corrected chi connectivity index (χ4v) is 17.9. The SMILES string of the molecule is N#Cc1c(C2c3ccccc3-c3ccccc32)c(-c2ccc3c(c2)C2C(=C3)C(c3ccccc3)c3ccc(-c4ccccc4)cc32)cc(-c2ccc3c(c2)C2c4cc(-c5ccccc5)ccc4C(c4ccccc4)C2C3)c1C1c2ccccc2-c2ccccc21. The van der Waals surface area contributed by atoms with Crippen molar-refractivity contribution >= 4 is 6.08 Å². The van der Waals surface area contributed by atoms with E-state index in [-0.39, 0.29) is 35.5 Å². The number of hydrogen-bond acceptors (Lipinski definition) is 1. The van der Waals surface area contributed by atoms with E-state index in [1.807, 2.05) is 0 Å². The van der Waals surface area contributed by atoms with Gasteiger partial charge >= 0.3 is 0 Å². The number of hydrogen-bond donors (Lipinski definition) is 0. The van der Waals surface area contributed by atoms with Crippen molar-refractivity contribution in [3.05, 3.63) is 397 Å². The molecule has 90 heavy (non-hydrogen) atoms. The minimum atomic E-state index is -0.212. The zero-order valence-corrected chi connectivity index (χ0v) is 49.6. The Morgan fingerprint density at radius 2 is 0.722 bits per heavy atom. The average molecular weight is 1140 g/mol. The van der Waals surface area contributed by atoms with Gasteiger partial charge < -0.3 is 0 Å². The summed E-state index contributed by atoms with van der Waals surface area (Å²) in [6.45, 7) is 0. The highest BCUT2D eigenvalue weighted by molar-refractivity contribution is 5.93. The van der Waals surface area contributed by atoms with Crippen molar-refractivity contribution < 1.29 is 0 Å². The Kier molecular flexibility index (Phi) is 11.4. The van der Waals surface area contributed by atoms with E-state index >= 15 is 0 Å². The van der Waals surface area contributed by atoms with Crippen LogP contribution in [0.4, 0.5) is 0 Å². The summed E-state index contributed by atoms with van der Waals surface area (Å²) in [6.07, 6.45) is 3.50. The van der Waals surface area contributed by atoms with Gasteiger partial charge in [0.25, 0.3) is 0 Å². The van der Waals surface area contributed by atoms with Gasteiger partial charge in [-0.2, -0.15) is 5.26 Å². The van der Waals surface area contributed by atoms with Gasteiger partial charge in [0.2, 0.25) is 0 Å². The number of fused-ring (bicyclic) bond motifs is 16. The summed E-state index contributed by atoms with van der Waals surface area (Å²) in [6, 6.07) is 115. The van der Waals surface area contributed by atoms with Crippen LogP contribution in [-0.2, 0) is 6.42 Å². The largest absolute Gasteiger partial charge is 0.192 e. The van der Waals surface area contributed by atoms with Crippen LogP contribution in [0.25, 0.3) is 72.8 Å². The predicted octanol–water partition coefficient (Wildman–Crippen LogP) is 21.7. The average Bonchev–Trinajstić information content (AvgIpc) is 1.51. The second-order valence-electron chi connectivity index (χ2n) is 25.8. The van der Waals surface area contributed by atoms with E-state index < -0.39 is 0 Å². The minimum absolute atomic E-state index is 0.0574. The lowest BCUT2D eigenvalue weighted by molar-refractivity contribution is 0.492. The first-order valence-electron chi connectivity index (χ1n) is 32.1. The number of nitriles is 1. The molecule has 19 rings (SSSR count). The molecule has 0 radical (unpaired) electrons. The van der Waals surface area contributed by atoms with Gasteiger partial charge in [0.15, 0.2) is 0 Å². The molecule has 0 N–H and O–H groups in total. The molecule has 0 bridgehead atoms. The normalized spacial score (nSPS) is 18.3. The van der Waals surface area contributed by atoms with Crippen molar-refractivity contribution in [1.29, 1.82) is 5.26 Å². The summed E-state index contributed by atoms with van der Waals surface area (Å²) in [7, 11) is 0. The Labute approximate surface area is 526 Å². The smallest absolute Gasteiger partial charge is 0.0998 e. The molecule has 0 saturated carbocycles. The summed E-state index contributed by atoms with van der Waals surface area (Å²) in [5.74, 6) is 0.575. The van der Waals surface area contributed by atoms with Gasteiger partial charge in [-0.05, 0) is 192 Å². The Morgan fingerprint density at radius 1 is 0.278 bits per heavy atom. The van der Waals surface area contributed by atoms with Crippen LogP contribution in [0.15, 0.2) is 303 Å². The molecule has 0 saturated heterocycles. The number of nitrogens with zero attached hydrogens (tertiary/aromatic N) is 1. The van der Waals surface area contributed by atoms with Gasteiger partial charge in [0, 0.05) is 35.5 Å². The van der Waals surface area contributed by atoms with Crippen LogP contribution in [-0.4, -0.2) is 0 Å². The third kappa shape index (κ3) is 7.55. The molecule has 5 atom stereocenters. The molecule has 420 valence electrons. The number of benzene rings is 13. The van der Waals surface area contributed by atoms with Crippen LogP contribution < -0.4 is 0 Å². The van der Waals surface area contributed by atoms with E-state index in [4.69, 9.17) is 0 Å². The zero-order chi connectivity index (χ0) is 59.1. The molecule has 0 aliphatic heterocycles. The summed E-state index contributed by atoms with van der Waals surface area (Å²) in [5, 5.41) is 12.8. The fourth-order valence-electron chi connectivity index (χ4n) is 17.9. The Morgan fingerprint density at radius 3 is 1.27 bits per heavy atom. The first-order valence-corrected chi connectivity index (χ1v) is 32.1. The van der Waals surface area contributed by atoms with E-state index in [1.54, 1.807) is 0 Å². The highest BCUT2D eigenvalue weighted by atomic mass is 14.5. The van der Waals surface area contributed by atoms with Gasteiger partial charge in [0.1, 0.15) is 0 Å². The van der Waals surface area contributed by atoms with Crippen molar-refractivity contribution in [3.8, 4) is 72.8 Å². The number of allylic oxidation sites excluding steroid dienone is 1. The monoisotopic (exact) mass is 1140 g/mol. The lowest BCUT2D eigenvalue weighted by Gasteiger charge is -2.28. The van der Waals surface area contributed by atoms with Gasteiger partial charge in [-0.15, -0.1) is 0 Å². The molecule has 6 aliphatic rings. The van der Waals surface area contributed by atoms with Gasteiger partial charge in [-0.25, -0.2) is 0 Å². The maximum Gasteiger partial charge on any atom is 0.0998 e. The molecule has 6 aliphatic carbocycles. The van der Waals surface area contributed by atoms with Crippen LogP contribution in [0.2, 0.25) is 0 Å². The van der Waals surface area contributed by atoms with Crippen molar-refractivity contribution in [2.75, 3.05) is 0 Å². The van der Waals surface area contributed by atoms with Crippen molar-refractivity contribution in [1.82, 2.24) is 0 Å². The highest BCUT2D eigenvalue weighted by Crippen LogP contribution is 2.62. The van der Waals surface area contributed by atoms with Gasteiger partial charge in [0.05, 0.1) is 11.6 Å². The molecule has 0 aromatic heterocycles. The van der Waals surface area contributed by atoms with E-state index in [0.717, 1.165) is 45.4 Å². The lowest BCUT2D eigenvalue weighted by Crippen LogP contribution is -2.13. The summed E-state index contributed by atoms with van der Waals surface area (Å²) in [4.78, 5) is 0. The maximum atomic E-state index is 12.8. The third-order valence-electron chi connectivity index (χ3n) is 21.5. The fraction of sp³-hybridized carbons (Fsp3) is 0.0899. The molecule has 0 amide bonds.